The third-order valence-corrected chi connectivity index (χ3v) is 20.2. The third kappa shape index (κ3) is 32.1. The van der Waals surface area contributed by atoms with E-state index in [0.717, 1.165) is 17.5 Å². The van der Waals surface area contributed by atoms with E-state index >= 15 is 0 Å². The highest BCUT2D eigenvalue weighted by atomic mass is 32.1. The van der Waals surface area contributed by atoms with Gasteiger partial charge in [-0.05, 0) is 109 Å². The maximum Gasteiger partial charge on any atom is 0.408 e. The number of carboxylic acid groups (broad SMARTS) is 1. The van der Waals surface area contributed by atoms with Crippen LogP contribution in [0.15, 0.2) is 71.4 Å². The fourth-order valence-electron chi connectivity index (χ4n) is 11.4. The molecule has 4 aromatic rings. The lowest BCUT2D eigenvalue weighted by Gasteiger charge is -2.37. The van der Waals surface area contributed by atoms with Crippen LogP contribution in [0.25, 0.3) is 0 Å². The van der Waals surface area contributed by atoms with E-state index in [2.05, 4.69) is 25.9 Å². The number of hydrogen-bond acceptors (Lipinski definition) is 22. The van der Waals surface area contributed by atoms with Gasteiger partial charge in [-0.15, -0.1) is 22.7 Å². The minimum absolute atomic E-state index is 0.0217. The Kier molecular flexibility index (Phi) is 39.1. The molecule has 12 atom stereocenters. The molecule has 2 aromatic heterocycles. The number of ether oxygens (including phenoxy) is 5. The number of amides is 5. The summed E-state index contributed by atoms with van der Waals surface area (Å²) >= 11 is 2.41. The van der Waals surface area contributed by atoms with Crippen LogP contribution in [0.5, 0.6) is 0 Å². The number of nitrogens with one attached hydrogen (secondary N) is 3. The molecular weight excluding hydrogens is 1400 g/mol. The number of carbonyl (C=O) groups excluding carboxylic acids is 10. The second kappa shape index (κ2) is 44.2. The Morgan fingerprint density at radius 3 is 1.27 bits per heavy atom. The number of benzene rings is 2. The first kappa shape index (κ1) is 93.9. The zero-order chi connectivity index (χ0) is 80.9. The van der Waals surface area contributed by atoms with Crippen LogP contribution in [0, 0.1) is 41.4 Å². The predicted octanol–water partition coefficient (Wildman–Crippen LogP) is 11.4. The molecule has 0 aliphatic heterocycles. The monoisotopic (exact) mass is 1520 g/mol. The summed E-state index contributed by atoms with van der Waals surface area (Å²) in [6.45, 7) is 33.2. The fourth-order valence-corrected chi connectivity index (χ4v) is 13.1. The van der Waals surface area contributed by atoms with Crippen molar-refractivity contribution in [2.75, 3.05) is 28.3 Å². The van der Waals surface area contributed by atoms with E-state index in [1.807, 2.05) is 116 Å². The van der Waals surface area contributed by atoms with Crippen LogP contribution in [0.2, 0.25) is 0 Å². The van der Waals surface area contributed by atoms with E-state index in [1.54, 1.807) is 83.1 Å². The van der Waals surface area contributed by atoms with E-state index in [0.29, 0.717) is 48.5 Å². The summed E-state index contributed by atoms with van der Waals surface area (Å²) in [6.07, 6.45) is 1.53. The van der Waals surface area contributed by atoms with E-state index in [4.69, 9.17) is 40.3 Å². The van der Waals surface area contributed by atoms with Gasteiger partial charge in [0.1, 0.15) is 32.5 Å². The normalized spacial score (nSPS) is 15.0. The van der Waals surface area contributed by atoms with Crippen molar-refractivity contribution < 1.29 is 81.5 Å². The molecule has 2 aromatic carbocycles. The van der Waals surface area contributed by atoms with Crippen LogP contribution >= 0.6 is 22.7 Å². The van der Waals surface area contributed by atoms with Gasteiger partial charge in [-0.1, -0.05) is 143 Å². The molecule has 8 N–H and O–H groups in total. The average molecular weight is 1520 g/mol. The number of likely N-dealkylation sites (N-methyl/N-ethyl adjacent to an activating group) is 1. The fraction of sp³-hybridized carbons (Fsp3) is 0.628. The second-order valence-electron chi connectivity index (χ2n) is 30.2. The van der Waals surface area contributed by atoms with Crippen molar-refractivity contribution in [1.82, 2.24) is 35.7 Å². The topological polar surface area (TPSA) is 375 Å². The molecule has 592 valence electrons. The maximum absolute atomic E-state index is 14.0. The number of alkyl carbamates (subject to hydrolysis) is 1. The molecule has 0 fully saturated rings. The van der Waals surface area contributed by atoms with Crippen LogP contribution in [-0.4, -0.2) is 165 Å². The molecule has 106 heavy (non-hydrogen) atoms. The standard InChI is InChI=1S/C37H56N4O7S.C32H48N4O6S.C9H17NO4/c1-11-23(4)28(19-32(43)37(7,8)38)35(45)41(9)30(22(2)3)20-31(48-25(6)42)34-40-29(21-49-34)33(44)39-27(17-24(5)36(46)47-10)18-26-15-13-12-14-16-26;1-9-20(4)28(33)31(39)36(7)26(19(2)3)17-27(42-22(6)37)30-35-25(18-43-30)29(38)34-24(15-21(5)32(40)41-8)16-23-13-11-10-12-14-23;1-8(2,3)14-7(13)10-9(4,5)6(11)12/h12-16,21-24,27-28,30-31H,11,17-20,38H2,1-10H3,(H,39,44);10-14,18-21,24,26-28H,9,15-17,33H2,1-8H3,(H,34,38);1-5H3,(H,10,13)(H,11,12)/t23-,24-,27+,28-,30+,31+;20-,21-,24+,26+,27+,28-;/m00./s1. The lowest BCUT2D eigenvalue weighted by molar-refractivity contribution is -0.150. The largest absolute Gasteiger partial charge is 0.480 e. The van der Waals surface area contributed by atoms with Gasteiger partial charge in [0, 0.05) is 88.1 Å². The number of nitrogens with two attached hydrogens (primary N) is 2. The number of carboxylic acids is 1. The van der Waals surface area contributed by atoms with E-state index in [9.17, 15) is 52.7 Å². The molecule has 0 unspecified atom stereocenters. The highest BCUT2D eigenvalue weighted by Crippen LogP contribution is 2.34. The zero-order valence-electron chi connectivity index (χ0n) is 66.6. The molecule has 0 saturated heterocycles. The van der Waals surface area contributed by atoms with Crippen molar-refractivity contribution in [1.29, 1.82) is 0 Å². The van der Waals surface area contributed by atoms with Gasteiger partial charge in [0.25, 0.3) is 11.8 Å². The third-order valence-electron chi connectivity index (χ3n) is 18.3. The Morgan fingerprint density at radius 2 is 0.953 bits per heavy atom. The molecule has 0 saturated carbocycles. The van der Waals surface area contributed by atoms with Gasteiger partial charge in [0.05, 0.1) is 37.6 Å². The Hall–Kier alpha value is -8.21. The molecule has 26 nitrogen and oxygen atoms in total. The molecule has 4 rings (SSSR count). The quantitative estimate of drug-likeness (QED) is 0.0180. The Labute approximate surface area is 635 Å². The summed E-state index contributed by atoms with van der Waals surface area (Å²) in [5, 5.41) is 21.2. The van der Waals surface area contributed by atoms with Gasteiger partial charge in [0.15, 0.2) is 18.0 Å². The average Bonchev–Trinajstić information content (AvgIpc) is 1.06. The van der Waals surface area contributed by atoms with Gasteiger partial charge in [-0.25, -0.2) is 19.6 Å². The predicted molar refractivity (Wildman–Crippen MR) is 409 cm³/mol. The zero-order valence-corrected chi connectivity index (χ0v) is 68.2. The second-order valence-corrected chi connectivity index (χ2v) is 32.0. The molecule has 5 amide bonds. The van der Waals surface area contributed by atoms with Crippen LogP contribution in [0.4, 0.5) is 4.79 Å². The summed E-state index contributed by atoms with van der Waals surface area (Å²) in [5.74, 6) is -5.60. The van der Waals surface area contributed by atoms with Crippen molar-refractivity contribution in [2.45, 2.75) is 248 Å². The van der Waals surface area contributed by atoms with Crippen molar-refractivity contribution in [3.8, 4) is 0 Å². The molecule has 28 heteroatoms. The Balaban J connectivity index is 0.000000612. The summed E-state index contributed by atoms with van der Waals surface area (Å²) in [5.41, 5.74) is 11.7. The summed E-state index contributed by atoms with van der Waals surface area (Å²) in [7, 11) is 6.12. The molecule has 0 spiro atoms. The van der Waals surface area contributed by atoms with E-state index < -0.39 is 88.5 Å². The van der Waals surface area contributed by atoms with E-state index in [1.165, 1.54) is 64.6 Å². The van der Waals surface area contributed by atoms with Gasteiger partial charge in [-0.3, -0.25) is 43.2 Å². The smallest absolute Gasteiger partial charge is 0.408 e. The van der Waals surface area contributed by atoms with Gasteiger partial charge >= 0.3 is 35.9 Å². The highest BCUT2D eigenvalue weighted by molar-refractivity contribution is 7.10. The van der Waals surface area contributed by atoms with Crippen LogP contribution in [0.3, 0.4) is 0 Å². The number of thiazole rings is 2. The van der Waals surface area contributed by atoms with Crippen molar-refractivity contribution in [2.24, 2.45) is 52.9 Å². The number of esters is 4. The number of carbonyl (C=O) groups is 11. The summed E-state index contributed by atoms with van der Waals surface area (Å²) < 4.78 is 26.1. The van der Waals surface area contributed by atoms with Gasteiger partial charge in [-0.2, -0.15) is 0 Å². The summed E-state index contributed by atoms with van der Waals surface area (Å²) in [6, 6.07) is 17.3. The molecule has 2 heterocycles. The van der Waals surface area contributed by atoms with Crippen molar-refractivity contribution >= 4 is 88.0 Å². The molecule has 0 radical (unpaired) electrons. The number of methoxy groups -OCH3 is 2. The highest BCUT2D eigenvalue weighted by Gasteiger charge is 2.39. The Morgan fingerprint density at radius 1 is 0.575 bits per heavy atom. The number of rotatable bonds is 37. The Bertz CT molecular complexity index is 3480. The lowest BCUT2D eigenvalue weighted by atomic mass is 9.82. The molecule has 0 bridgehead atoms. The molecular formula is C78H121N9O17S2. The van der Waals surface area contributed by atoms with Gasteiger partial charge < -0.3 is 66.0 Å². The number of aliphatic carboxylic acids is 1. The van der Waals surface area contributed by atoms with Crippen LogP contribution < -0.4 is 27.4 Å². The molecule has 0 aliphatic rings. The van der Waals surface area contributed by atoms with Crippen LogP contribution in [-0.2, 0) is 74.9 Å². The number of ketones is 1. The number of aromatic nitrogens is 2. The van der Waals surface area contributed by atoms with Gasteiger partial charge in [0.2, 0.25) is 11.8 Å². The van der Waals surface area contributed by atoms with E-state index in [-0.39, 0.29) is 102 Å². The molecule has 0 aliphatic carbocycles. The summed E-state index contributed by atoms with van der Waals surface area (Å²) in [4.78, 5) is 150. The minimum Gasteiger partial charge on any atom is -0.480 e. The number of nitrogens with zero attached hydrogens (tertiary/aromatic N) is 4. The first-order chi connectivity index (χ1) is 49.2. The first-order valence-electron chi connectivity index (χ1n) is 36.2. The van der Waals surface area contributed by atoms with Crippen molar-refractivity contribution in [3.63, 3.8) is 0 Å². The minimum atomic E-state index is -1.32. The number of Topliss-reactive ketones (excluding diaryl/α,β-unsaturated/α-hetero) is 1. The SMILES string of the molecule is CC(C)(C)OC(=O)NC(C)(C)C(=O)O.CC[C@H](C)[C@H](CC(=O)C(C)(C)N)C(=O)N(C)[C@H](C[C@@H](OC(C)=O)c1nc(C(=O)N[C@@H](Cc2ccccc2)C[C@H](C)C(=O)OC)cs1)C(C)C.CC[C@H](C)[C@H](N)C(=O)N(C)[C@H](C[C@@H](OC(C)=O)c1nc(C(=O)N[C@@H](Cc2ccccc2)C[C@H](C)C(=O)OC)cs1)C(C)C. The first-order valence-corrected chi connectivity index (χ1v) is 37.9. The number of hydrogen-bond donors (Lipinski definition) is 6. The maximum atomic E-state index is 14.0. The van der Waals surface area contributed by atoms with Crippen molar-refractivity contribution in [3.05, 3.63) is 104 Å². The van der Waals surface area contributed by atoms with Crippen LogP contribution in [0.1, 0.15) is 231 Å². The lowest BCUT2D eigenvalue weighted by Crippen LogP contribution is -2.51.